The maximum Gasteiger partial charge on any atom is 0.254 e. The number of anilines is 2. The summed E-state index contributed by atoms with van der Waals surface area (Å²) in [6.45, 7) is 2.03. The minimum Gasteiger partial charge on any atom is -0.497 e. The van der Waals surface area contributed by atoms with Crippen LogP contribution in [0.3, 0.4) is 0 Å². The van der Waals surface area contributed by atoms with E-state index in [4.69, 9.17) is 4.74 Å². The summed E-state index contributed by atoms with van der Waals surface area (Å²) in [6.07, 6.45) is 3.81. The number of aromatic nitrogens is 2. The fraction of sp³-hybridized carbons (Fsp3) is 0.190. The van der Waals surface area contributed by atoms with Crippen molar-refractivity contribution in [1.82, 2.24) is 15.3 Å². The minimum absolute atomic E-state index is 0.0921. The molecule has 6 heteroatoms. The van der Waals surface area contributed by atoms with Crippen molar-refractivity contribution in [3.8, 4) is 5.75 Å². The van der Waals surface area contributed by atoms with Gasteiger partial charge in [-0.3, -0.25) is 4.79 Å². The Bertz CT molecular complexity index is 865. The van der Waals surface area contributed by atoms with Gasteiger partial charge in [-0.2, -0.15) is 0 Å². The molecule has 0 unspecified atom stereocenters. The topological polar surface area (TPSA) is 76.1 Å². The van der Waals surface area contributed by atoms with Crippen LogP contribution in [0.15, 0.2) is 67.0 Å². The predicted octanol–water partition coefficient (Wildman–Crippen LogP) is 4.11. The first-order valence-corrected chi connectivity index (χ1v) is 8.78. The molecular weight excluding hydrogens is 340 g/mol. The van der Waals surface area contributed by atoms with Crippen molar-refractivity contribution in [2.24, 2.45) is 0 Å². The van der Waals surface area contributed by atoms with Gasteiger partial charge in [0, 0.05) is 18.1 Å². The van der Waals surface area contributed by atoms with Gasteiger partial charge in [0.1, 0.15) is 5.75 Å². The highest BCUT2D eigenvalue weighted by atomic mass is 16.5. The Hall–Kier alpha value is -3.41. The lowest BCUT2D eigenvalue weighted by molar-refractivity contribution is 0.0935. The van der Waals surface area contributed by atoms with E-state index in [0.717, 1.165) is 23.4 Å². The number of benzene rings is 2. The fourth-order valence-corrected chi connectivity index (χ4v) is 2.66. The lowest BCUT2D eigenvalue weighted by Crippen LogP contribution is -2.28. The van der Waals surface area contributed by atoms with Crippen molar-refractivity contribution in [3.63, 3.8) is 0 Å². The standard InChI is InChI=1S/C21H22N4O2/c1-3-19(15-9-11-18(27-2)12-10-15)25-20(26)16-13-22-21(23-14-16)24-17-7-5-4-6-8-17/h4-14,19H,3H2,1-2H3,(H,25,26)(H,22,23,24)/t19-/m1/s1. The van der Waals surface area contributed by atoms with Gasteiger partial charge in [-0.1, -0.05) is 37.3 Å². The Morgan fingerprint density at radius 2 is 1.70 bits per heavy atom. The van der Waals surface area contributed by atoms with Gasteiger partial charge in [0.25, 0.3) is 5.91 Å². The number of nitrogens with one attached hydrogen (secondary N) is 2. The first-order chi connectivity index (χ1) is 13.2. The Kier molecular flexibility index (Phi) is 5.99. The Balaban J connectivity index is 1.65. The zero-order valence-electron chi connectivity index (χ0n) is 15.3. The van der Waals surface area contributed by atoms with Gasteiger partial charge in [0.05, 0.1) is 18.7 Å². The molecule has 2 N–H and O–H groups in total. The number of carbonyl (C=O) groups excluding carboxylic acids is 1. The van der Waals surface area contributed by atoms with Crippen LogP contribution in [0.25, 0.3) is 0 Å². The Morgan fingerprint density at radius 3 is 2.30 bits per heavy atom. The van der Waals surface area contributed by atoms with Gasteiger partial charge in [0.2, 0.25) is 5.95 Å². The highest BCUT2D eigenvalue weighted by Gasteiger charge is 2.15. The summed E-state index contributed by atoms with van der Waals surface area (Å²) in [4.78, 5) is 21.0. The molecule has 0 aliphatic heterocycles. The molecule has 138 valence electrons. The zero-order valence-corrected chi connectivity index (χ0v) is 15.3. The van der Waals surface area contributed by atoms with Crippen molar-refractivity contribution >= 4 is 17.5 Å². The molecule has 3 aromatic rings. The third-order valence-electron chi connectivity index (χ3n) is 4.18. The number of nitrogens with zero attached hydrogens (tertiary/aromatic N) is 2. The van der Waals surface area contributed by atoms with Crippen molar-refractivity contribution in [3.05, 3.63) is 78.1 Å². The van der Waals surface area contributed by atoms with Gasteiger partial charge >= 0.3 is 0 Å². The van der Waals surface area contributed by atoms with Gasteiger partial charge in [0.15, 0.2) is 0 Å². The van der Waals surface area contributed by atoms with E-state index >= 15 is 0 Å². The minimum atomic E-state index is -0.205. The Labute approximate surface area is 158 Å². The van der Waals surface area contributed by atoms with Crippen LogP contribution in [0.2, 0.25) is 0 Å². The van der Waals surface area contributed by atoms with E-state index in [1.54, 1.807) is 7.11 Å². The molecule has 2 aromatic carbocycles. The first-order valence-electron chi connectivity index (χ1n) is 8.78. The summed E-state index contributed by atoms with van der Waals surface area (Å²) < 4.78 is 5.18. The average molecular weight is 362 g/mol. The third-order valence-corrected chi connectivity index (χ3v) is 4.18. The molecule has 0 fully saturated rings. The number of amides is 1. The maximum atomic E-state index is 12.5. The van der Waals surface area contributed by atoms with Crippen LogP contribution >= 0.6 is 0 Å². The number of hydrogen-bond acceptors (Lipinski definition) is 5. The summed E-state index contributed by atoms with van der Waals surface area (Å²) in [5.41, 5.74) is 2.33. The molecule has 1 aromatic heterocycles. The number of carbonyl (C=O) groups is 1. The molecule has 3 rings (SSSR count). The molecule has 27 heavy (non-hydrogen) atoms. The summed E-state index contributed by atoms with van der Waals surface area (Å²) in [7, 11) is 1.63. The quantitative estimate of drug-likeness (QED) is 0.661. The molecule has 0 saturated carbocycles. The van der Waals surface area contributed by atoms with Crippen molar-refractivity contribution < 1.29 is 9.53 Å². The maximum absolute atomic E-state index is 12.5. The van der Waals surface area contributed by atoms with Crippen LogP contribution in [0.4, 0.5) is 11.6 Å². The van der Waals surface area contributed by atoms with Crippen LogP contribution < -0.4 is 15.4 Å². The molecule has 0 aliphatic carbocycles. The normalized spacial score (nSPS) is 11.5. The van der Waals surface area contributed by atoms with Gasteiger partial charge < -0.3 is 15.4 Å². The van der Waals surface area contributed by atoms with E-state index in [1.807, 2.05) is 61.5 Å². The molecule has 1 amide bonds. The van der Waals surface area contributed by atoms with Crippen molar-refractivity contribution in [1.29, 1.82) is 0 Å². The SMILES string of the molecule is CC[C@@H](NC(=O)c1cnc(Nc2ccccc2)nc1)c1ccc(OC)cc1. The van der Waals surface area contributed by atoms with Gasteiger partial charge in [-0.25, -0.2) is 9.97 Å². The monoisotopic (exact) mass is 362 g/mol. The van der Waals surface area contributed by atoms with E-state index < -0.39 is 0 Å². The van der Waals surface area contributed by atoms with Crippen LogP contribution in [0, 0.1) is 0 Å². The van der Waals surface area contributed by atoms with Crippen LogP contribution in [-0.2, 0) is 0 Å². The smallest absolute Gasteiger partial charge is 0.254 e. The molecular formula is C21H22N4O2. The molecule has 6 nitrogen and oxygen atoms in total. The lowest BCUT2D eigenvalue weighted by Gasteiger charge is -2.17. The molecule has 0 bridgehead atoms. The highest BCUT2D eigenvalue weighted by molar-refractivity contribution is 5.94. The Morgan fingerprint density at radius 1 is 1.04 bits per heavy atom. The second kappa shape index (κ2) is 8.80. The highest BCUT2D eigenvalue weighted by Crippen LogP contribution is 2.20. The molecule has 0 aliphatic rings. The van der Waals surface area contributed by atoms with E-state index in [9.17, 15) is 4.79 Å². The molecule has 1 heterocycles. The van der Waals surface area contributed by atoms with Crippen molar-refractivity contribution in [2.75, 3.05) is 12.4 Å². The number of rotatable bonds is 7. The van der Waals surface area contributed by atoms with Crippen LogP contribution in [0.1, 0.15) is 35.3 Å². The largest absolute Gasteiger partial charge is 0.497 e. The predicted molar refractivity (Wildman–Crippen MR) is 105 cm³/mol. The van der Waals surface area contributed by atoms with Gasteiger partial charge in [-0.05, 0) is 36.2 Å². The van der Waals surface area contributed by atoms with Gasteiger partial charge in [-0.15, -0.1) is 0 Å². The summed E-state index contributed by atoms with van der Waals surface area (Å²) >= 11 is 0. The molecule has 0 saturated heterocycles. The lowest BCUT2D eigenvalue weighted by atomic mass is 10.0. The second-order valence-corrected chi connectivity index (χ2v) is 5.99. The number of para-hydroxylation sites is 1. The molecule has 0 radical (unpaired) electrons. The third kappa shape index (κ3) is 4.82. The van der Waals surface area contributed by atoms with Crippen LogP contribution in [-0.4, -0.2) is 23.0 Å². The average Bonchev–Trinajstić information content (AvgIpc) is 2.73. The van der Waals surface area contributed by atoms with E-state index in [2.05, 4.69) is 20.6 Å². The summed E-state index contributed by atoms with van der Waals surface area (Å²) in [5, 5.41) is 6.12. The number of methoxy groups -OCH3 is 1. The molecule has 0 spiro atoms. The zero-order chi connectivity index (χ0) is 19.1. The summed E-state index contributed by atoms with van der Waals surface area (Å²) in [5.74, 6) is 1.03. The van der Waals surface area contributed by atoms with E-state index in [-0.39, 0.29) is 11.9 Å². The van der Waals surface area contributed by atoms with E-state index in [1.165, 1.54) is 12.4 Å². The van der Waals surface area contributed by atoms with Crippen molar-refractivity contribution in [2.45, 2.75) is 19.4 Å². The van der Waals surface area contributed by atoms with Crippen LogP contribution in [0.5, 0.6) is 5.75 Å². The summed E-state index contributed by atoms with van der Waals surface area (Å²) in [6, 6.07) is 17.2. The molecule has 1 atom stereocenters. The van der Waals surface area contributed by atoms with E-state index in [0.29, 0.717) is 11.5 Å². The number of ether oxygens (including phenoxy) is 1. The fourth-order valence-electron chi connectivity index (χ4n) is 2.66. The number of hydrogen-bond donors (Lipinski definition) is 2. The second-order valence-electron chi connectivity index (χ2n) is 5.99. The first kappa shape index (κ1) is 18.4.